The number of carbonyl (C=O) groups excluding carboxylic acids is 1. The van der Waals surface area contributed by atoms with Crippen LogP contribution in [-0.2, 0) is 0 Å². The summed E-state index contributed by atoms with van der Waals surface area (Å²) in [6, 6.07) is 7.81. The van der Waals surface area contributed by atoms with Crippen LogP contribution in [0.4, 0.5) is 0 Å². The Balaban J connectivity index is 2.76. The van der Waals surface area contributed by atoms with E-state index in [4.69, 9.17) is 18.0 Å². The summed E-state index contributed by atoms with van der Waals surface area (Å²) in [6.07, 6.45) is 0.568. The van der Waals surface area contributed by atoms with Crippen molar-refractivity contribution in [3.8, 4) is 0 Å². The molecule has 2 N–H and O–H groups in total. The maximum atomic E-state index is 12.3. The van der Waals surface area contributed by atoms with E-state index in [1.54, 1.807) is 4.90 Å². The lowest BCUT2D eigenvalue weighted by molar-refractivity contribution is 0.0769. The fourth-order valence-corrected chi connectivity index (χ4v) is 1.93. The van der Waals surface area contributed by atoms with Crippen LogP contribution in [0.2, 0.25) is 0 Å². The molecular formula is C15H22N2OS. The molecule has 0 aromatic heterocycles. The van der Waals surface area contributed by atoms with Crippen LogP contribution in [0.15, 0.2) is 24.3 Å². The summed E-state index contributed by atoms with van der Waals surface area (Å²) >= 11 is 4.85. The molecule has 0 aliphatic heterocycles. The SMILES string of the molecule is CCN(CCC(N)=S)C(=O)c1ccc(C(C)C)cc1. The van der Waals surface area contributed by atoms with E-state index in [0.29, 0.717) is 36.0 Å². The monoisotopic (exact) mass is 278 g/mol. The first-order valence-electron chi connectivity index (χ1n) is 6.63. The third-order valence-corrected chi connectivity index (χ3v) is 3.33. The van der Waals surface area contributed by atoms with Gasteiger partial charge in [-0.05, 0) is 30.5 Å². The quantitative estimate of drug-likeness (QED) is 0.814. The van der Waals surface area contributed by atoms with E-state index in [0.717, 1.165) is 0 Å². The zero-order valence-corrected chi connectivity index (χ0v) is 12.7. The molecule has 0 atom stereocenters. The first-order chi connectivity index (χ1) is 8.95. The number of hydrogen-bond acceptors (Lipinski definition) is 2. The van der Waals surface area contributed by atoms with E-state index in [2.05, 4.69) is 13.8 Å². The van der Waals surface area contributed by atoms with E-state index in [9.17, 15) is 4.79 Å². The van der Waals surface area contributed by atoms with Gasteiger partial charge in [0.1, 0.15) is 0 Å². The van der Waals surface area contributed by atoms with Crippen molar-refractivity contribution in [2.75, 3.05) is 13.1 Å². The summed E-state index contributed by atoms with van der Waals surface area (Å²) in [6.45, 7) is 7.47. The summed E-state index contributed by atoms with van der Waals surface area (Å²) in [7, 11) is 0. The highest BCUT2D eigenvalue weighted by molar-refractivity contribution is 7.80. The highest BCUT2D eigenvalue weighted by atomic mass is 32.1. The minimum atomic E-state index is 0.0362. The molecule has 1 amide bonds. The van der Waals surface area contributed by atoms with Crippen molar-refractivity contribution < 1.29 is 4.79 Å². The maximum Gasteiger partial charge on any atom is 0.253 e. The average molecular weight is 278 g/mol. The molecule has 0 spiro atoms. The Bertz CT molecular complexity index is 440. The molecule has 0 heterocycles. The average Bonchev–Trinajstić information content (AvgIpc) is 2.39. The van der Waals surface area contributed by atoms with Gasteiger partial charge in [-0.25, -0.2) is 0 Å². The molecule has 0 aliphatic rings. The molecule has 1 aromatic rings. The Morgan fingerprint density at radius 3 is 2.32 bits per heavy atom. The molecule has 4 heteroatoms. The number of benzene rings is 1. The summed E-state index contributed by atoms with van der Waals surface area (Å²) in [5.41, 5.74) is 7.44. The lowest BCUT2D eigenvalue weighted by atomic mass is 10.0. The van der Waals surface area contributed by atoms with Gasteiger partial charge in [0.15, 0.2) is 0 Å². The van der Waals surface area contributed by atoms with Crippen LogP contribution in [0.3, 0.4) is 0 Å². The summed E-state index contributed by atoms with van der Waals surface area (Å²) in [5, 5.41) is 0. The molecule has 0 aliphatic carbocycles. The van der Waals surface area contributed by atoms with Crippen LogP contribution >= 0.6 is 12.2 Å². The van der Waals surface area contributed by atoms with Gasteiger partial charge in [-0.1, -0.05) is 38.2 Å². The van der Waals surface area contributed by atoms with Crippen molar-refractivity contribution in [1.82, 2.24) is 4.90 Å². The molecular weight excluding hydrogens is 256 g/mol. The second-order valence-electron chi connectivity index (χ2n) is 4.88. The standard InChI is InChI=1S/C15H22N2OS/c1-4-17(10-9-14(16)19)15(18)13-7-5-12(6-8-13)11(2)3/h5-8,11H,4,9-10H2,1-3H3,(H2,16,19). The summed E-state index contributed by atoms with van der Waals surface area (Å²) in [5.74, 6) is 0.509. The molecule has 3 nitrogen and oxygen atoms in total. The molecule has 0 saturated carbocycles. The Kier molecular flexibility index (Phi) is 5.96. The molecule has 0 unspecified atom stereocenters. The zero-order valence-electron chi connectivity index (χ0n) is 11.8. The van der Waals surface area contributed by atoms with Gasteiger partial charge < -0.3 is 10.6 Å². The molecule has 0 radical (unpaired) electrons. The number of hydrogen-bond donors (Lipinski definition) is 1. The van der Waals surface area contributed by atoms with Crippen molar-refractivity contribution in [2.45, 2.75) is 33.1 Å². The molecule has 0 bridgehead atoms. The van der Waals surface area contributed by atoms with E-state index in [1.165, 1.54) is 5.56 Å². The predicted molar refractivity (Wildman–Crippen MR) is 83.5 cm³/mol. The third kappa shape index (κ3) is 4.63. The number of nitrogens with two attached hydrogens (primary N) is 1. The van der Waals surface area contributed by atoms with Crippen molar-refractivity contribution in [2.24, 2.45) is 5.73 Å². The van der Waals surface area contributed by atoms with Crippen molar-refractivity contribution >= 4 is 23.1 Å². The first kappa shape index (κ1) is 15.6. The fourth-order valence-electron chi connectivity index (χ4n) is 1.84. The zero-order chi connectivity index (χ0) is 14.4. The second kappa shape index (κ2) is 7.24. The number of carbonyl (C=O) groups is 1. The fraction of sp³-hybridized carbons (Fsp3) is 0.467. The van der Waals surface area contributed by atoms with Gasteiger partial charge >= 0.3 is 0 Å². The second-order valence-corrected chi connectivity index (χ2v) is 5.40. The first-order valence-corrected chi connectivity index (χ1v) is 7.04. The molecule has 1 rings (SSSR count). The van der Waals surface area contributed by atoms with E-state index >= 15 is 0 Å². The lowest BCUT2D eigenvalue weighted by Crippen LogP contribution is -2.33. The van der Waals surface area contributed by atoms with E-state index in [1.807, 2.05) is 31.2 Å². The Labute approximate surface area is 120 Å². The van der Waals surface area contributed by atoms with Gasteiger partial charge in [0.2, 0.25) is 0 Å². The molecule has 19 heavy (non-hydrogen) atoms. The van der Waals surface area contributed by atoms with Gasteiger partial charge in [0, 0.05) is 25.1 Å². The maximum absolute atomic E-state index is 12.3. The Hall–Kier alpha value is -1.42. The van der Waals surface area contributed by atoms with Crippen LogP contribution < -0.4 is 5.73 Å². The Morgan fingerprint density at radius 1 is 1.32 bits per heavy atom. The summed E-state index contributed by atoms with van der Waals surface area (Å²) < 4.78 is 0. The van der Waals surface area contributed by atoms with Gasteiger partial charge in [0.25, 0.3) is 5.91 Å². The minimum Gasteiger partial charge on any atom is -0.393 e. The highest BCUT2D eigenvalue weighted by Crippen LogP contribution is 2.15. The van der Waals surface area contributed by atoms with Crippen LogP contribution in [0, 0.1) is 0 Å². The largest absolute Gasteiger partial charge is 0.393 e. The van der Waals surface area contributed by atoms with Gasteiger partial charge in [-0.2, -0.15) is 0 Å². The third-order valence-electron chi connectivity index (χ3n) is 3.12. The van der Waals surface area contributed by atoms with Gasteiger partial charge in [0.05, 0.1) is 4.99 Å². The van der Waals surface area contributed by atoms with Crippen molar-refractivity contribution in [3.05, 3.63) is 35.4 Å². The smallest absolute Gasteiger partial charge is 0.253 e. The van der Waals surface area contributed by atoms with E-state index in [-0.39, 0.29) is 5.91 Å². The van der Waals surface area contributed by atoms with Crippen molar-refractivity contribution in [3.63, 3.8) is 0 Å². The van der Waals surface area contributed by atoms with Crippen LogP contribution in [0.25, 0.3) is 0 Å². The van der Waals surface area contributed by atoms with E-state index < -0.39 is 0 Å². The minimum absolute atomic E-state index is 0.0362. The number of rotatable bonds is 6. The van der Waals surface area contributed by atoms with Gasteiger partial charge in [-0.3, -0.25) is 4.79 Å². The number of thiocarbonyl (C=S) groups is 1. The van der Waals surface area contributed by atoms with Crippen molar-refractivity contribution in [1.29, 1.82) is 0 Å². The molecule has 0 fully saturated rings. The number of amides is 1. The summed E-state index contributed by atoms with van der Waals surface area (Å²) in [4.78, 5) is 14.5. The molecule has 104 valence electrons. The molecule has 0 saturated heterocycles. The highest BCUT2D eigenvalue weighted by Gasteiger charge is 2.14. The predicted octanol–water partition coefficient (Wildman–Crippen LogP) is 2.95. The van der Waals surface area contributed by atoms with Crippen LogP contribution in [0.1, 0.15) is 49.0 Å². The van der Waals surface area contributed by atoms with Crippen LogP contribution in [0.5, 0.6) is 0 Å². The van der Waals surface area contributed by atoms with Gasteiger partial charge in [-0.15, -0.1) is 0 Å². The molecule has 1 aromatic carbocycles. The topological polar surface area (TPSA) is 46.3 Å². The van der Waals surface area contributed by atoms with Crippen LogP contribution in [-0.4, -0.2) is 28.9 Å². The lowest BCUT2D eigenvalue weighted by Gasteiger charge is -2.21. The number of nitrogens with zero attached hydrogens (tertiary/aromatic N) is 1. The Morgan fingerprint density at radius 2 is 1.89 bits per heavy atom. The normalized spacial score (nSPS) is 10.5.